The lowest BCUT2D eigenvalue weighted by Crippen LogP contribution is -2.58. The molecule has 0 heterocycles. The minimum absolute atomic E-state index is 0.0558. The molecule has 0 saturated carbocycles. The van der Waals surface area contributed by atoms with Crippen molar-refractivity contribution in [3.05, 3.63) is 0 Å². The molecule has 0 aromatic carbocycles. The highest BCUT2D eigenvalue weighted by Gasteiger charge is 2.31. The summed E-state index contributed by atoms with van der Waals surface area (Å²) in [6.45, 7) is 3.90. The summed E-state index contributed by atoms with van der Waals surface area (Å²) in [5.74, 6) is -4.96. The predicted molar refractivity (Wildman–Crippen MR) is 136 cm³/mol. The first-order chi connectivity index (χ1) is 17.3. The quantitative estimate of drug-likeness (QED) is 0.0480. The van der Waals surface area contributed by atoms with Gasteiger partial charge in [0, 0.05) is 13.0 Å². The maximum atomic E-state index is 13.0. The highest BCUT2D eigenvalue weighted by molar-refractivity contribution is 5.94. The van der Waals surface area contributed by atoms with Gasteiger partial charge in [0.25, 0.3) is 0 Å². The number of unbranched alkanes of at least 4 members (excludes halogenated alkanes) is 1. The van der Waals surface area contributed by atoms with Crippen molar-refractivity contribution < 1.29 is 34.2 Å². The Morgan fingerprint density at radius 1 is 0.811 bits per heavy atom. The Bertz CT molecular complexity index is 802. The first kappa shape index (κ1) is 33.5. The summed E-state index contributed by atoms with van der Waals surface area (Å²) in [4.78, 5) is 64.5. The number of aliphatic imine (C=N–C) groups is 1. The van der Waals surface area contributed by atoms with Gasteiger partial charge in [-0.2, -0.15) is 0 Å². The Kier molecular flexibility index (Phi) is 16.2. The third-order valence-electron chi connectivity index (χ3n) is 5.39. The number of nitrogens with two attached hydrogens (primary N) is 4. The van der Waals surface area contributed by atoms with Crippen molar-refractivity contribution in [2.75, 3.05) is 13.1 Å². The van der Waals surface area contributed by atoms with Crippen LogP contribution in [0.3, 0.4) is 0 Å². The molecule has 3 amide bonds. The maximum Gasteiger partial charge on any atom is 0.326 e. The van der Waals surface area contributed by atoms with Gasteiger partial charge in [0.15, 0.2) is 5.96 Å². The fourth-order valence-electron chi connectivity index (χ4n) is 3.26. The molecule has 0 fully saturated rings. The number of aliphatic carboxylic acids is 2. The van der Waals surface area contributed by atoms with E-state index in [1.54, 1.807) is 13.8 Å². The van der Waals surface area contributed by atoms with Gasteiger partial charge in [-0.25, -0.2) is 4.79 Å². The molecule has 4 unspecified atom stereocenters. The highest BCUT2D eigenvalue weighted by Crippen LogP contribution is 2.08. The summed E-state index contributed by atoms with van der Waals surface area (Å²) in [6.07, 6.45) is 1.17. The molecular formula is C22H42N8O7. The average molecular weight is 531 g/mol. The van der Waals surface area contributed by atoms with Gasteiger partial charge < -0.3 is 49.1 Å². The summed E-state index contributed by atoms with van der Waals surface area (Å²) in [5, 5.41) is 25.8. The number of hydrogen-bond acceptors (Lipinski definition) is 8. The van der Waals surface area contributed by atoms with Crippen molar-refractivity contribution in [1.82, 2.24) is 16.0 Å². The number of rotatable bonds is 19. The van der Waals surface area contributed by atoms with E-state index in [0.29, 0.717) is 25.8 Å². The van der Waals surface area contributed by atoms with Gasteiger partial charge in [-0.1, -0.05) is 13.8 Å². The van der Waals surface area contributed by atoms with E-state index in [2.05, 4.69) is 20.9 Å². The van der Waals surface area contributed by atoms with E-state index in [9.17, 15) is 29.1 Å². The van der Waals surface area contributed by atoms with Gasteiger partial charge in [0.2, 0.25) is 17.7 Å². The molecule has 0 rings (SSSR count). The number of carbonyl (C=O) groups is 5. The number of carboxylic acids is 2. The van der Waals surface area contributed by atoms with E-state index in [4.69, 9.17) is 28.0 Å². The topological polar surface area (TPSA) is 278 Å². The molecular weight excluding hydrogens is 488 g/mol. The Hall–Kier alpha value is -3.46. The summed E-state index contributed by atoms with van der Waals surface area (Å²) in [7, 11) is 0. The minimum atomic E-state index is -1.26. The van der Waals surface area contributed by atoms with E-state index >= 15 is 0 Å². The van der Waals surface area contributed by atoms with Gasteiger partial charge in [-0.3, -0.25) is 24.2 Å². The smallest absolute Gasteiger partial charge is 0.326 e. The van der Waals surface area contributed by atoms with Crippen molar-refractivity contribution in [1.29, 1.82) is 0 Å². The van der Waals surface area contributed by atoms with Crippen LogP contribution in [0.5, 0.6) is 0 Å². The zero-order chi connectivity index (χ0) is 28.5. The Morgan fingerprint density at radius 2 is 1.41 bits per heavy atom. The van der Waals surface area contributed by atoms with E-state index in [-0.39, 0.29) is 38.2 Å². The number of amides is 3. The van der Waals surface area contributed by atoms with E-state index < -0.39 is 59.7 Å². The third kappa shape index (κ3) is 14.6. The molecule has 13 N–H and O–H groups in total. The number of hydrogen-bond donors (Lipinski definition) is 9. The van der Waals surface area contributed by atoms with Crippen LogP contribution < -0.4 is 38.9 Å². The number of nitrogens with zero attached hydrogens (tertiary/aromatic N) is 1. The predicted octanol–water partition coefficient (Wildman–Crippen LogP) is -2.44. The fraction of sp³-hybridized carbons (Fsp3) is 0.727. The summed E-state index contributed by atoms with van der Waals surface area (Å²) in [5.41, 5.74) is 21.8. The lowest BCUT2D eigenvalue weighted by atomic mass is 10.0. The van der Waals surface area contributed by atoms with Crippen molar-refractivity contribution in [3.8, 4) is 0 Å². The third-order valence-corrected chi connectivity index (χ3v) is 5.39. The van der Waals surface area contributed by atoms with Crippen molar-refractivity contribution in [3.63, 3.8) is 0 Å². The average Bonchev–Trinajstić information content (AvgIpc) is 2.81. The number of guanidine groups is 1. The molecule has 0 radical (unpaired) electrons. The molecule has 4 atom stereocenters. The van der Waals surface area contributed by atoms with Crippen LogP contribution in [0.4, 0.5) is 0 Å². The van der Waals surface area contributed by atoms with Crippen molar-refractivity contribution in [2.45, 2.75) is 83.0 Å². The molecule has 212 valence electrons. The van der Waals surface area contributed by atoms with E-state index in [1.807, 2.05) is 0 Å². The van der Waals surface area contributed by atoms with Crippen LogP contribution in [0.25, 0.3) is 0 Å². The monoisotopic (exact) mass is 530 g/mol. The van der Waals surface area contributed by atoms with E-state index in [1.165, 1.54) is 0 Å². The first-order valence-electron chi connectivity index (χ1n) is 12.2. The Balaban J connectivity index is 5.41. The zero-order valence-electron chi connectivity index (χ0n) is 21.4. The molecule has 0 bridgehead atoms. The van der Waals surface area contributed by atoms with Crippen LogP contribution in [-0.2, 0) is 24.0 Å². The van der Waals surface area contributed by atoms with Gasteiger partial charge in [0.05, 0.1) is 6.04 Å². The van der Waals surface area contributed by atoms with Crippen LogP contribution in [0.15, 0.2) is 4.99 Å². The van der Waals surface area contributed by atoms with E-state index in [0.717, 1.165) is 0 Å². The van der Waals surface area contributed by atoms with Crippen LogP contribution in [0.1, 0.15) is 58.8 Å². The number of carboxylic acid groups (broad SMARTS) is 2. The van der Waals surface area contributed by atoms with Crippen molar-refractivity contribution >= 4 is 35.6 Å². The first-order valence-corrected chi connectivity index (χ1v) is 12.2. The lowest BCUT2D eigenvalue weighted by Gasteiger charge is -2.27. The highest BCUT2D eigenvalue weighted by atomic mass is 16.4. The standard InChI is InChI=1S/C22H42N8O7/c1-12(2)17(30-18(33)13(24)8-9-16(31)32)20(35)28-14(6-3-4-10-23)19(34)29-15(21(36)37)7-5-11-27-22(25)26/h12-15,17H,3-11,23-24H2,1-2H3,(H,28,35)(H,29,34)(H,30,33)(H,31,32)(H,36,37)(H4,25,26,27). The minimum Gasteiger partial charge on any atom is -0.481 e. The molecule has 0 saturated heterocycles. The summed E-state index contributed by atoms with van der Waals surface area (Å²) >= 11 is 0. The molecule has 0 aromatic heterocycles. The second kappa shape index (κ2) is 17.9. The number of nitrogens with one attached hydrogen (secondary N) is 3. The van der Waals surface area contributed by atoms with Crippen molar-refractivity contribution in [2.24, 2.45) is 33.8 Å². The van der Waals surface area contributed by atoms with Crippen LogP contribution in [0, 0.1) is 5.92 Å². The molecule has 37 heavy (non-hydrogen) atoms. The van der Waals surface area contributed by atoms with Gasteiger partial charge in [0.1, 0.15) is 18.1 Å². The molecule has 0 aliphatic heterocycles. The van der Waals surface area contributed by atoms with Gasteiger partial charge >= 0.3 is 11.9 Å². The summed E-state index contributed by atoms with van der Waals surface area (Å²) < 4.78 is 0. The molecule has 0 aliphatic rings. The lowest BCUT2D eigenvalue weighted by molar-refractivity contribution is -0.142. The fourth-order valence-corrected chi connectivity index (χ4v) is 3.26. The maximum absolute atomic E-state index is 13.0. The van der Waals surface area contributed by atoms with Crippen LogP contribution >= 0.6 is 0 Å². The normalized spacial score (nSPS) is 14.1. The molecule has 15 heteroatoms. The zero-order valence-corrected chi connectivity index (χ0v) is 21.4. The largest absolute Gasteiger partial charge is 0.481 e. The van der Waals surface area contributed by atoms with Gasteiger partial charge in [-0.05, 0) is 51.0 Å². The second-order valence-corrected chi connectivity index (χ2v) is 8.96. The van der Waals surface area contributed by atoms with Crippen LogP contribution in [-0.4, -0.2) is 83.1 Å². The van der Waals surface area contributed by atoms with Crippen LogP contribution in [0.2, 0.25) is 0 Å². The second-order valence-electron chi connectivity index (χ2n) is 8.96. The molecule has 0 aromatic rings. The molecule has 0 spiro atoms. The molecule has 15 nitrogen and oxygen atoms in total. The Labute approximate surface area is 216 Å². The SMILES string of the molecule is CC(C)C(NC(=O)C(N)CCC(=O)O)C(=O)NC(CCCCN)C(=O)NC(CCCN=C(N)N)C(=O)O. The number of carbonyl (C=O) groups excluding carboxylic acids is 3. The summed E-state index contributed by atoms with van der Waals surface area (Å²) in [6, 6.07) is -4.52. The Morgan fingerprint density at radius 3 is 1.92 bits per heavy atom. The molecule has 0 aliphatic carbocycles. The van der Waals surface area contributed by atoms with Gasteiger partial charge in [-0.15, -0.1) is 0 Å².